The Morgan fingerprint density at radius 3 is 2.53 bits per heavy atom. The Hall–Kier alpha value is -1.56. The summed E-state index contributed by atoms with van der Waals surface area (Å²) in [7, 11) is 0. The second-order valence-electron chi connectivity index (χ2n) is 4.59. The highest BCUT2D eigenvalue weighted by atomic mass is 19.4. The molecule has 19 heavy (non-hydrogen) atoms. The number of halogens is 3. The molecule has 104 valence electrons. The molecule has 1 fully saturated rings. The molecule has 0 saturated heterocycles. The van der Waals surface area contributed by atoms with Crippen LogP contribution in [0.3, 0.4) is 0 Å². The van der Waals surface area contributed by atoms with Gasteiger partial charge < -0.3 is 9.84 Å². The Morgan fingerprint density at radius 2 is 1.95 bits per heavy atom. The van der Waals surface area contributed by atoms with Gasteiger partial charge in [-0.25, -0.2) is 0 Å². The summed E-state index contributed by atoms with van der Waals surface area (Å²) in [6.07, 6.45) is -3.93. The fraction of sp³-hybridized carbons (Fsp3) is 0.462. The van der Waals surface area contributed by atoms with Crippen molar-refractivity contribution in [2.75, 3.05) is 0 Å². The van der Waals surface area contributed by atoms with Crippen LogP contribution < -0.4 is 0 Å². The van der Waals surface area contributed by atoms with Crippen LogP contribution in [0.25, 0.3) is 0 Å². The molecule has 0 unspecified atom stereocenters. The van der Waals surface area contributed by atoms with Gasteiger partial charge >= 0.3 is 12.1 Å². The third kappa shape index (κ3) is 3.26. The van der Waals surface area contributed by atoms with Gasteiger partial charge in [-0.1, -0.05) is 18.2 Å². The van der Waals surface area contributed by atoms with Gasteiger partial charge in [-0.3, -0.25) is 4.79 Å². The van der Waals surface area contributed by atoms with Gasteiger partial charge in [-0.05, 0) is 24.5 Å². The van der Waals surface area contributed by atoms with Crippen LogP contribution in [0.4, 0.5) is 13.2 Å². The van der Waals surface area contributed by atoms with Crippen molar-refractivity contribution in [3.63, 3.8) is 0 Å². The van der Waals surface area contributed by atoms with Crippen molar-refractivity contribution < 1.29 is 27.8 Å². The molecule has 2 rings (SSSR count). The molecule has 3 nitrogen and oxygen atoms in total. The van der Waals surface area contributed by atoms with E-state index in [9.17, 15) is 18.0 Å². The lowest BCUT2D eigenvalue weighted by Crippen LogP contribution is -2.36. The lowest BCUT2D eigenvalue weighted by atomic mass is 9.82. The van der Waals surface area contributed by atoms with E-state index in [1.807, 2.05) is 0 Å². The molecule has 6 heteroatoms. The van der Waals surface area contributed by atoms with Gasteiger partial charge in [0.2, 0.25) is 0 Å². The SMILES string of the molecule is O=C(O)[C@H]1C[C@H](OCc2ccccc2C(F)(F)F)C1. The largest absolute Gasteiger partial charge is 0.481 e. The summed E-state index contributed by atoms with van der Waals surface area (Å²) in [6.45, 7) is -0.146. The summed E-state index contributed by atoms with van der Waals surface area (Å²) in [4.78, 5) is 10.6. The summed E-state index contributed by atoms with van der Waals surface area (Å²) in [5.41, 5.74) is -0.627. The van der Waals surface area contributed by atoms with Gasteiger partial charge in [-0.15, -0.1) is 0 Å². The lowest BCUT2D eigenvalue weighted by Gasteiger charge is -2.32. The molecule has 0 aromatic heterocycles. The molecule has 1 saturated carbocycles. The minimum atomic E-state index is -4.40. The van der Waals surface area contributed by atoms with Gasteiger partial charge in [-0.2, -0.15) is 13.2 Å². The first-order valence-corrected chi connectivity index (χ1v) is 5.87. The third-order valence-electron chi connectivity index (χ3n) is 3.24. The molecular weight excluding hydrogens is 261 g/mol. The zero-order chi connectivity index (χ0) is 14.0. The van der Waals surface area contributed by atoms with E-state index in [1.165, 1.54) is 18.2 Å². The molecule has 0 amide bonds. The number of ether oxygens (including phenoxy) is 1. The maximum atomic E-state index is 12.7. The quantitative estimate of drug-likeness (QED) is 0.917. The first-order valence-electron chi connectivity index (χ1n) is 5.87. The molecule has 1 aliphatic rings. The topological polar surface area (TPSA) is 46.5 Å². The van der Waals surface area contributed by atoms with E-state index in [4.69, 9.17) is 9.84 Å². The zero-order valence-corrected chi connectivity index (χ0v) is 9.98. The summed E-state index contributed by atoms with van der Waals surface area (Å²) in [5, 5.41) is 8.68. The van der Waals surface area contributed by atoms with Crippen LogP contribution >= 0.6 is 0 Å². The molecule has 0 spiro atoms. The minimum Gasteiger partial charge on any atom is -0.481 e. The van der Waals surface area contributed by atoms with Crippen molar-refractivity contribution in [2.45, 2.75) is 31.7 Å². The van der Waals surface area contributed by atoms with Gasteiger partial charge in [0, 0.05) is 0 Å². The number of hydrogen-bond donors (Lipinski definition) is 1. The molecule has 1 N–H and O–H groups in total. The predicted molar refractivity (Wildman–Crippen MR) is 60.4 cm³/mol. The van der Waals surface area contributed by atoms with Gasteiger partial charge in [0.1, 0.15) is 0 Å². The Labute approximate surface area is 108 Å². The highest BCUT2D eigenvalue weighted by molar-refractivity contribution is 5.71. The van der Waals surface area contributed by atoms with Crippen molar-refractivity contribution >= 4 is 5.97 Å². The van der Waals surface area contributed by atoms with Gasteiger partial charge in [0.15, 0.2) is 0 Å². The molecule has 0 radical (unpaired) electrons. The van der Waals surface area contributed by atoms with Gasteiger partial charge in [0.05, 0.1) is 24.2 Å². The first-order chi connectivity index (χ1) is 8.88. The number of aliphatic carboxylic acids is 1. The Bertz CT molecular complexity index is 464. The summed E-state index contributed by atoms with van der Waals surface area (Å²) >= 11 is 0. The van der Waals surface area contributed by atoms with E-state index >= 15 is 0 Å². The van der Waals surface area contributed by atoms with Crippen LogP contribution in [0.15, 0.2) is 24.3 Å². The monoisotopic (exact) mass is 274 g/mol. The van der Waals surface area contributed by atoms with Crippen LogP contribution in [-0.4, -0.2) is 17.2 Å². The van der Waals surface area contributed by atoms with Crippen molar-refractivity contribution in [3.8, 4) is 0 Å². The normalized spacial score (nSPS) is 22.9. The fourth-order valence-electron chi connectivity index (χ4n) is 2.03. The number of benzene rings is 1. The average Bonchev–Trinajstić information content (AvgIpc) is 2.25. The predicted octanol–water partition coefficient (Wildman–Crippen LogP) is 3.09. The number of carbonyl (C=O) groups is 1. The van der Waals surface area contributed by atoms with Crippen LogP contribution in [0.2, 0.25) is 0 Å². The van der Waals surface area contributed by atoms with E-state index in [0.29, 0.717) is 12.8 Å². The number of alkyl halides is 3. The first kappa shape index (κ1) is 13.9. The molecular formula is C13H13F3O3. The number of rotatable bonds is 4. The number of hydrogen-bond acceptors (Lipinski definition) is 2. The lowest BCUT2D eigenvalue weighted by molar-refractivity contribution is -0.152. The highest BCUT2D eigenvalue weighted by Gasteiger charge is 2.36. The average molecular weight is 274 g/mol. The van der Waals surface area contributed by atoms with Crippen LogP contribution in [0.1, 0.15) is 24.0 Å². The van der Waals surface area contributed by atoms with E-state index in [0.717, 1.165) is 6.07 Å². The smallest absolute Gasteiger partial charge is 0.416 e. The summed E-state index contributed by atoms with van der Waals surface area (Å²) in [6, 6.07) is 5.24. The fourth-order valence-corrected chi connectivity index (χ4v) is 2.03. The Kier molecular flexibility index (Phi) is 3.80. The van der Waals surface area contributed by atoms with Crippen molar-refractivity contribution in [1.29, 1.82) is 0 Å². The van der Waals surface area contributed by atoms with Crippen molar-refractivity contribution in [1.82, 2.24) is 0 Å². The molecule has 1 aromatic carbocycles. The van der Waals surface area contributed by atoms with Crippen molar-refractivity contribution in [2.24, 2.45) is 5.92 Å². The molecule has 1 aromatic rings. The molecule has 1 aliphatic carbocycles. The molecule has 0 heterocycles. The second kappa shape index (κ2) is 5.21. The Balaban J connectivity index is 1.93. The minimum absolute atomic E-state index is 0.0776. The molecule has 0 atom stereocenters. The van der Waals surface area contributed by atoms with E-state index in [2.05, 4.69) is 0 Å². The van der Waals surface area contributed by atoms with Gasteiger partial charge in [0.25, 0.3) is 0 Å². The number of carboxylic acid groups (broad SMARTS) is 1. The van der Waals surface area contributed by atoms with Crippen LogP contribution in [0.5, 0.6) is 0 Å². The van der Waals surface area contributed by atoms with E-state index < -0.39 is 23.6 Å². The standard InChI is InChI=1S/C13H13F3O3/c14-13(15,16)11-4-2-1-3-8(11)7-19-10-5-9(6-10)12(17)18/h1-4,9-10H,5-7H2,(H,17,18)/t9-,10-. The maximum absolute atomic E-state index is 12.7. The Morgan fingerprint density at radius 1 is 1.32 bits per heavy atom. The van der Waals surface area contributed by atoms with Crippen molar-refractivity contribution in [3.05, 3.63) is 35.4 Å². The second-order valence-corrected chi connectivity index (χ2v) is 4.59. The third-order valence-corrected chi connectivity index (χ3v) is 3.24. The summed E-state index contributed by atoms with van der Waals surface area (Å²) < 4.78 is 43.4. The van der Waals surface area contributed by atoms with Crippen LogP contribution in [0, 0.1) is 5.92 Å². The van der Waals surface area contributed by atoms with E-state index in [1.54, 1.807) is 0 Å². The molecule has 0 bridgehead atoms. The molecule has 0 aliphatic heterocycles. The maximum Gasteiger partial charge on any atom is 0.416 e. The summed E-state index contributed by atoms with van der Waals surface area (Å²) in [5.74, 6) is -1.31. The highest BCUT2D eigenvalue weighted by Crippen LogP contribution is 2.34. The van der Waals surface area contributed by atoms with E-state index in [-0.39, 0.29) is 18.3 Å². The van der Waals surface area contributed by atoms with Crippen LogP contribution in [-0.2, 0) is 22.3 Å². The number of carboxylic acids is 1. The zero-order valence-electron chi connectivity index (χ0n) is 9.98.